The van der Waals surface area contributed by atoms with Crippen molar-refractivity contribution >= 4 is 17.7 Å². The zero-order chi connectivity index (χ0) is 11.4. The first-order valence-electron chi connectivity index (χ1n) is 5.37. The summed E-state index contributed by atoms with van der Waals surface area (Å²) in [6.07, 6.45) is 12.0. The Morgan fingerprint density at radius 2 is 1.93 bits per heavy atom. The highest BCUT2D eigenvalue weighted by molar-refractivity contribution is 7.99. The normalized spacial score (nSPS) is 11.5. The maximum absolute atomic E-state index is 10.2. The summed E-state index contributed by atoms with van der Waals surface area (Å²) in [6.45, 7) is 2.12. The van der Waals surface area contributed by atoms with Crippen LogP contribution in [0.1, 0.15) is 32.6 Å². The molecule has 0 fully saturated rings. The van der Waals surface area contributed by atoms with E-state index < -0.39 is 5.97 Å². The van der Waals surface area contributed by atoms with Crippen molar-refractivity contribution in [2.75, 3.05) is 11.5 Å². The van der Waals surface area contributed by atoms with E-state index >= 15 is 0 Å². The molecule has 0 saturated heterocycles. The van der Waals surface area contributed by atoms with Gasteiger partial charge in [-0.25, -0.2) is 0 Å². The van der Waals surface area contributed by atoms with Gasteiger partial charge >= 0.3 is 5.97 Å². The molecule has 1 N–H and O–H groups in total. The van der Waals surface area contributed by atoms with E-state index in [1.807, 2.05) is 0 Å². The predicted molar refractivity (Wildman–Crippen MR) is 67.4 cm³/mol. The second kappa shape index (κ2) is 11.4. The molecule has 0 amide bonds. The molecule has 15 heavy (non-hydrogen) atoms. The lowest BCUT2D eigenvalue weighted by molar-refractivity contribution is -0.136. The Kier molecular flexibility index (Phi) is 10.8. The van der Waals surface area contributed by atoms with Crippen LogP contribution in [0.15, 0.2) is 24.3 Å². The Balaban J connectivity index is 3.16. The average molecular weight is 228 g/mol. The van der Waals surface area contributed by atoms with E-state index in [-0.39, 0.29) is 6.42 Å². The molecule has 0 radical (unpaired) electrons. The Hall–Kier alpha value is -0.700. The van der Waals surface area contributed by atoms with Crippen molar-refractivity contribution in [2.45, 2.75) is 32.6 Å². The summed E-state index contributed by atoms with van der Waals surface area (Å²) < 4.78 is 0. The van der Waals surface area contributed by atoms with Crippen LogP contribution in [0.3, 0.4) is 0 Å². The summed E-state index contributed by atoms with van der Waals surface area (Å²) in [5, 5.41) is 8.40. The highest BCUT2D eigenvalue weighted by atomic mass is 32.2. The van der Waals surface area contributed by atoms with Crippen molar-refractivity contribution in [3.63, 3.8) is 0 Å². The maximum atomic E-state index is 10.2. The standard InChI is InChI=1S/C12H20O2S/c1-2-3-4-5-6-7-8-10-15-11-9-12(13)14/h3-4,6-7H,2,5,8-11H2,1H3,(H,13,14)/b4-3-,7-6-. The van der Waals surface area contributed by atoms with Gasteiger partial charge in [-0.2, -0.15) is 11.8 Å². The number of carboxylic acids is 1. The van der Waals surface area contributed by atoms with E-state index in [0.29, 0.717) is 0 Å². The molecule has 0 heterocycles. The van der Waals surface area contributed by atoms with Crippen molar-refractivity contribution < 1.29 is 9.90 Å². The number of hydrogen-bond donors (Lipinski definition) is 1. The third kappa shape index (κ3) is 13.3. The summed E-state index contributed by atoms with van der Waals surface area (Å²) >= 11 is 1.70. The molecule has 0 rings (SSSR count). The van der Waals surface area contributed by atoms with E-state index in [1.54, 1.807) is 11.8 Å². The maximum Gasteiger partial charge on any atom is 0.304 e. The predicted octanol–water partition coefficient (Wildman–Crippen LogP) is 3.50. The molecule has 3 heteroatoms. The van der Waals surface area contributed by atoms with Gasteiger partial charge in [-0.05, 0) is 25.0 Å². The first kappa shape index (κ1) is 14.3. The molecule has 0 aromatic heterocycles. The van der Waals surface area contributed by atoms with Gasteiger partial charge in [0, 0.05) is 5.75 Å². The Bertz CT molecular complexity index is 210. The van der Waals surface area contributed by atoms with Crippen molar-refractivity contribution in [1.29, 1.82) is 0 Å². The number of carbonyl (C=O) groups is 1. The number of hydrogen-bond acceptors (Lipinski definition) is 2. The highest BCUT2D eigenvalue weighted by Gasteiger charge is 1.94. The molecule has 0 aliphatic carbocycles. The van der Waals surface area contributed by atoms with Crippen LogP contribution < -0.4 is 0 Å². The van der Waals surface area contributed by atoms with Gasteiger partial charge < -0.3 is 5.11 Å². The third-order valence-corrected chi connectivity index (χ3v) is 2.75. The van der Waals surface area contributed by atoms with Crippen LogP contribution in [0.2, 0.25) is 0 Å². The minimum Gasteiger partial charge on any atom is -0.481 e. The molecule has 0 atom stereocenters. The SMILES string of the molecule is CC/C=C\C/C=C\CCSCCC(=O)O. The van der Waals surface area contributed by atoms with Crippen LogP contribution in [-0.4, -0.2) is 22.6 Å². The van der Waals surface area contributed by atoms with Gasteiger partial charge in [0.1, 0.15) is 0 Å². The fourth-order valence-corrected chi connectivity index (χ4v) is 1.79. The Labute approximate surface area is 96.5 Å². The minimum absolute atomic E-state index is 0.271. The summed E-state index contributed by atoms with van der Waals surface area (Å²) in [5.41, 5.74) is 0. The van der Waals surface area contributed by atoms with Crippen LogP contribution in [0, 0.1) is 0 Å². The first-order chi connectivity index (χ1) is 7.27. The van der Waals surface area contributed by atoms with E-state index in [4.69, 9.17) is 5.11 Å². The van der Waals surface area contributed by atoms with Crippen molar-refractivity contribution in [2.24, 2.45) is 0 Å². The number of carboxylic acid groups (broad SMARTS) is 1. The van der Waals surface area contributed by atoms with E-state index in [2.05, 4.69) is 31.2 Å². The van der Waals surface area contributed by atoms with Crippen LogP contribution in [0.25, 0.3) is 0 Å². The fourth-order valence-electron chi connectivity index (χ4n) is 0.968. The topological polar surface area (TPSA) is 37.3 Å². The molecule has 2 nitrogen and oxygen atoms in total. The second-order valence-corrected chi connectivity index (χ2v) is 4.36. The lowest BCUT2D eigenvalue weighted by atomic mass is 10.3. The van der Waals surface area contributed by atoms with Gasteiger partial charge in [-0.15, -0.1) is 0 Å². The molecular formula is C12H20O2S. The molecule has 0 aromatic carbocycles. The monoisotopic (exact) mass is 228 g/mol. The van der Waals surface area contributed by atoms with Crippen molar-refractivity contribution in [3.05, 3.63) is 24.3 Å². The molecule has 0 bridgehead atoms. The number of thioether (sulfide) groups is 1. The molecule has 0 aliphatic heterocycles. The van der Waals surface area contributed by atoms with Gasteiger partial charge in [0.25, 0.3) is 0 Å². The van der Waals surface area contributed by atoms with E-state index in [0.717, 1.165) is 30.8 Å². The Morgan fingerprint density at radius 3 is 2.60 bits per heavy atom. The van der Waals surface area contributed by atoms with Crippen LogP contribution in [-0.2, 0) is 4.79 Å². The molecule has 0 unspecified atom stereocenters. The largest absolute Gasteiger partial charge is 0.481 e. The highest BCUT2D eigenvalue weighted by Crippen LogP contribution is 2.05. The molecule has 86 valence electrons. The van der Waals surface area contributed by atoms with Gasteiger partial charge in [-0.3, -0.25) is 4.79 Å². The molecule has 0 saturated carbocycles. The number of allylic oxidation sites excluding steroid dienone is 4. The van der Waals surface area contributed by atoms with Crippen LogP contribution >= 0.6 is 11.8 Å². The minimum atomic E-state index is -0.706. The van der Waals surface area contributed by atoms with Crippen LogP contribution in [0.5, 0.6) is 0 Å². The number of rotatable bonds is 9. The van der Waals surface area contributed by atoms with Crippen LogP contribution in [0.4, 0.5) is 0 Å². The van der Waals surface area contributed by atoms with Gasteiger partial charge in [0.15, 0.2) is 0 Å². The number of aliphatic carboxylic acids is 1. The quantitative estimate of drug-likeness (QED) is 0.485. The molecular weight excluding hydrogens is 208 g/mol. The fraction of sp³-hybridized carbons (Fsp3) is 0.583. The lowest BCUT2D eigenvalue weighted by Gasteiger charge is -1.95. The van der Waals surface area contributed by atoms with Gasteiger partial charge in [0.05, 0.1) is 6.42 Å². The summed E-state index contributed by atoms with van der Waals surface area (Å²) in [5.74, 6) is 1.03. The molecule has 0 aliphatic rings. The summed E-state index contributed by atoms with van der Waals surface area (Å²) in [6, 6.07) is 0. The second-order valence-electron chi connectivity index (χ2n) is 3.13. The Morgan fingerprint density at radius 1 is 1.20 bits per heavy atom. The third-order valence-electron chi connectivity index (χ3n) is 1.73. The van der Waals surface area contributed by atoms with E-state index in [1.165, 1.54) is 0 Å². The summed E-state index contributed by atoms with van der Waals surface area (Å²) in [4.78, 5) is 10.2. The zero-order valence-electron chi connectivity index (χ0n) is 9.32. The first-order valence-corrected chi connectivity index (χ1v) is 6.52. The van der Waals surface area contributed by atoms with Gasteiger partial charge in [-0.1, -0.05) is 31.2 Å². The smallest absolute Gasteiger partial charge is 0.304 e. The van der Waals surface area contributed by atoms with E-state index in [9.17, 15) is 4.79 Å². The van der Waals surface area contributed by atoms with Crippen molar-refractivity contribution in [1.82, 2.24) is 0 Å². The lowest BCUT2D eigenvalue weighted by Crippen LogP contribution is -1.96. The van der Waals surface area contributed by atoms with Crippen molar-refractivity contribution in [3.8, 4) is 0 Å². The van der Waals surface area contributed by atoms with Gasteiger partial charge in [0.2, 0.25) is 0 Å². The molecule has 0 aromatic rings. The summed E-state index contributed by atoms with van der Waals surface area (Å²) in [7, 11) is 0. The molecule has 0 spiro atoms. The average Bonchev–Trinajstić information content (AvgIpc) is 2.20. The zero-order valence-corrected chi connectivity index (χ0v) is 10.1.